The van der Waals surface area contributed by atoms with Gasteiger partial charge >= 0.3 is 12.2 Å². The van der Waals surface area contributed by atoms with Gasteiger partial charge in [-0.05, 0) is 55.2 Å². The van der Waals surface area contributed by atoms with Crippen molar-refractivity contribution < 1.29 is 22.8 Å². The van der Waals surface area contributed by atoms with Crippen molar-refractivity contribution in [2.24, 2.45) is 5.92 Å². The van der Waals surface area contributed by atoms with E-state index in [1.165, 1.54) is 18.3 Å². The minimum atomic E-state index is -4.42. The molecule has 0 unspecified atom stereocenters. The topological polar surface area (TPSA) is 74.3 Å². The minimum Gasteiger partial charge on any atom is -0.347 e. The number of likely N-dealkylation sites (tertiary alicyclic amines) is 1. The smallest absolute Gasteiger partial charge is 0.347 e. The molecule has 2 bridgehead atoms. The van der Waals surface area contributed by atoms with E-state index in [0.29, 0.717) is 17.8 Å². The van der Waals surface area contributed by atoms with E-state index < -0.39 is 11.7 Å². The maximum absolute atomic E-state index is 12.7. The van der Waals surface area contributed by atoms with Crippen molar-refractivity contribution in [3.8, 4) is 0 Å². The van der Waals surface area contributed by atoms with Crippen LogP contribution < -0.4 is 10.6 Å². The van der Waals surface area contributed by atoms with Crippen LogP contribution >= 0.6 is 0 Å². The molecule has 1 aliphatic carbocycles. The third kappa shape index (κ3) is 4.03. The first-order chi connectivity index (χ1) is 13.8. The summed E-state index contributed by atoms with van der Waals surface area (Å²) >= 11 is 0. The van der Waals surface area contributed by atoms with Crippen molar-refractivity contribution in [1.29, 1.82) is 0 Å². The number of urea groups is 1. The number of pyridine rings is 1. The number of piperidine rings is 1. The monoisotopic (exact) mass is 404 g/mol. The number of hydrogen-bond acceptors (Lipinski definition) is 3. The van der Waals surface area contributed by atoms with Crippen LogP contribution in [0.4, 0.5) is 23.7 Å². The van der Waals surface area contributed by atoms with Gasteiger partial charge in [-0.1, -0.05) is 0 Å². The van der Waals surface area contributed by atoms with Gasteiger partial charge in [-0.2, -0.15) is 13.2 Å². The number of nitrogens with zero attached hydrogens (tertiary/aromatic N) is 2. The van der Waals surface area contributed by atoms with Gasteiger partial charge in [0.15, 0.2) is 0 Å². The zero-order valence-electron chi connectivity index (χ0n) is 15.3. The lowest BCUT2D eigenvalue weighted by Gasteiger charge is -2.33. The molecule has 1 aliphatic heterocycles. The lowest BCUT2D eigenvalue weighted by Crippen LogP contribution is -2.53. The van der Waals surface area contributed by atoms with E-state index in [2.05, 4.69) is 15.6 Å². The number of alkyl halides is 3. The number of anilines is 1. The Hall–Kier alpha value is -3.10. The van der Waals surface area contributed by atoms with Crippen molar-refractivity contribution >= 4 is 17.6 Å². The van der Waals surface area contributed by atoms with Gasteiger partial charge in [-0.15, -0.1) is 0 Å². The van der Waals surface area contributed by atoms with Crippen LogP contribution in [-0.4, -0.2) is 40.5 Å². The van der Waals surface area contributed by atoms with E-state index in [-0.39, 0.29) is 29.9 Å². The molecule has 9 heteroatoms. The molecular formula is C20H19F3N4O2. The van der Waals surface area contributed by atoms with Gasteiger partial charge < -0.3 is 15.5 Å². The molecule has 0 spiro atoms. The number of carbonyl (C=O) groups excluding carboxylic acids is 2. The molecule has 0 radical (unpaired) electrons. The summed E-state index contributed by atoms with van der Waals surface area (Å²) in [6.45, 7) is 0.566. The normalized spacial score (nSPS) is 23.1. The third-order valence-corrected chi connectivity index (χ3v) is 5.45. The zero-order valence-corrected chi connectivity index (χ0v) is 15.3. The van der Waals surface area contributed by atoms with Crippen LogP contribution in [0.15, 0.2) is 48.8 Å². The fourth-order valence-corrected chi connectivity index (χ4v) is 4.10. The first-order valence-electron chi connectivity index (χ1n) is 9.27. The number of hydrogen-bond donors (Lipinski definition) is 2. The highest BCUT2D eigenvalue weighted by molar-refractivity contribution is 5.94. The Balaban J connectivity index is 1.39. The standard InChI is InChI=1S/C20H19F3N4O2/c21-20(22,23)14-3-5-15(6-4-14)25-19(29)27-11-12-8-16(17(27)9-12)26-18(28)13-2-1-7-24-10-13/h1-7,10,12,16-17H,8-9,11H2,(H,25,29)(H,26,28)/t12-,16+,17-/m1/s1. The van der Waals surface area contributed by atoms with E-state index in [1.54, 1.807) is 23.2 Å². The average molecular weight is 404 g/mol. The number of amides is 3. The van der Waals surface area contributed by atoms with E-state index in [9.17, 15) is 22.8 Å². The third-order valence-electron chi connectivity index (χ3n) is 5.45. The van der Waals surface area contributed by atoms with Crippen molar-refractivity contribution in [2.75, 3.05) is 11.9 Å². The second-order valence-corrected chi connectivity index (χ2v) is 7.38. The van der Waals surface area contributed by atoms with Gasteiger partial charge in [0.1, 0.15) is 0 Å². The Kier molecular flexibility index (Phi) is 4.89. The zero-order chi connectivity index (χ0) is 20.6. The fraction of sp³-hybridized carbons (Fsp3) is 0.350. The van der Waals surface area contributed by atoms with Gasteiger partial charge in [-0.3, -0.25) is 9.78 Å². The molecule has 1 aromatic heterocycles. The number of aromatic nitrogens is 1. The van der Waals surface area contributed by atoms with Gasteiger partial charge in [-0.25, -0.2) is 4.79 Å². The molecule has 2 aromatic rings. The summed E-state index contributed by atoms with van der Waals surface area (Å²) in [6, 6.07) is 7.00. The summed E-state index contributed by atoms with van der Waals surface area (Å²) in [7, 11) is 0. The first kappa shape index (κ1) is 19.2. The summed E-state index contributed by atoms with van der Waals surface area (Å²) in [4.78, 5) is 30.6. The number of rotatable bonds is 3. The molecule has 2 aliphatic rings. The highest BCUT2D eigenvalue weighted by Crippen LogP contribution is 2.38. The van der Waals surface area contributed by atoms with Gasteiger partial charge in [0.05, 0.1) is 17.2 Å². The Morgan fingerprint density at radius 2 is 1.86 bits per heavy atom. The molecule has 1 aromatic carbocycles. The van der Waals surface area contributed by atoms with Crippen LogP contribution in [0, 0.1) is 5.92 Å². The Labute approximate surface area is 165 Å². The molecule has 4 rings (SSSR count). The Bertz CT molecular complexity index is 902. The highest BCUT2D eigenvalue weighted by Gasteiger charge is 2.47. The summed E-state index contributed by atoms with van der Waals surface area (Å²) in [5.74, 6) is 0.0521. The van der Waals surface area contributed by atoms with Crippen molar-refractivity contribution in [3.05, 3.63) is 59.9 Å². The molecule has 3 atom stereocenters. The molecular weight excluding hydrogens is 385 g/mol. The van der Waals surface area contributed by atoms with E-state index >= 15 is 0 Å². The van der Waals surface area contributed by atoms with Crippen molar-refractivity contribution in [3.63, 3.8) is 0 Å². The molecule has 1 saturated carbocycles. The van der Waals surface area contributed by atoms with E-state index in [1.807, 2.05) is 0 Å². The van der Waals surface area contributed by atoms with Gasteiger partial charge in [0.25, 0.3) is 5.91 Å². The molecule has 1 saturated heterocycles. The lowest BCUT2D eigenvalue weighted by atomic mass is 10.1. The predicted molar refractivity (Wildman–Crippen MR) is 99.2 cm³/mol. The van der Waals surface area contributed by atoms with Gasteiger partial charge in [0.2, 0.25) is 0 Å². The number of benzene rings is 1. The molecule has 3 amide bonds. The van der Waals surface area contributed by atoms with Crippen LogP contribution in [-0.2, 0) is 6.18 Å². The molecule has 2 heterocycles. The van der Waals surface area contributed by atoms with Crippen LogP contribution in [0.1, 0.15) is 28.8 Å². The second kappa shape index (κ2) is 7.38. The Morgan fingerprint density at radius 1 is 1.10 bits per heavy atom. The Morgan fingerprint density at radius 3 is 2.48 bits per heavy atom. The van der Waals surface area contributed by atoms with Crippen molar-refractivity contribution in [2.45, 2.75) is 31.1 Å². The average Bonchev–Trinajstić information content (AvgIpc) is 3.29. The van der Waals surface area contributed by atoms with E-state index in [0.717, 1.165) is 25.0 Å². The van der Waals surface area contributed by atoms with Crippen LogP contribution in [0.3, 0.4) is 0 Å². The van der Waals surface area contributed by atoms with Crippen molar-refractivity contribution in [1.82, 2.24) is 15.2 Å². The number of carbonyl (C=O) groups is 2. The maximum Gasteiger partial charge on any atom is 0.416 e. The molecule has 6 nitrogen and oxygen atoms in total. The van der Waals surface area contributed by atoms with Crippen LogP contribution in [0.25, 0.3) is 0 Å². The maximum atomic E-state index is 12.7. The first-order valence-corrected chi connectivity index (χ1v) is 9.27. The predicted octanol–water partition coefficient (Wildman–Crippen LogP) is 3.53. The summed E-state index contributed by atoms with van der Waals surface area (Å²) in [5, 5.41) is 5.62. The molecule has 152 valence electrons. The van der Waals surface area contributed by atoms with Gasteiger partial charge in [0, 0.05) is 30.7 Å². The molecule has 2 fully saturated rings. The lowest BCUT2D eigenvalue weighted by molar-refractivity contribution is -0.137. The van der Waals surface area contributed by atoms with Crippen LogP contribution in [0.5, 0.6) is 0 Å². The fourth-order valence-electron chi connectivity index (χ4n) is 4.10. The SMILES string of the molecule is O=C(N[C@H]1C[C@@H]2C[C@H]1N(C(=O)Nc1ccc(C(F)(F)F)cc1)C2)c1cccnc1. The number of nitrogens with one attached hydrogen (secondary N) is 2. The van der Waals surface area contributed by atoms with E-state index in [4.69, 9.17) is 0 Å². The minimum absolute atomic E-state index is 0.143. The quantitative estimate of drug-likeness (QED) is 0.822. The molecule has 2 N–H and O–H groups in total. The summed E-state index contributed by atoms with van der Waals surface area (Å²) in [5.41, 5.74) is -0.0216. The summed E-state index contributed by atoms with van der Waals surface area (Å²) in [6.07, 6.45) is 0.231. The number of fused-ring (bicyclic) bond motifs is 2. The largest absolute Gasteiger partial charge is 0.416 e. The molecule has 29 heavy (non-hydrogen) atoms. The second-order valence-electron chi connectivity index (χ2n) is 7.38. The van der Waals surface area contributed by atoms with Crippen LogP contribution in [0.2, 0.25) is 0 Å². The highest BCUT2D eigenvalue weighted by atomic mass is 19.4. The summed E-state index contributed by atoms with van der Waals surface area (Å²) < 4.78 is 38.0. The number of halogens is 3.